The summed E-state index contributed by atoms with van der Waals surface area (Å²) in [6, 6.07) is 33.6. The van der Waals surface area contributed by atoms with Crippen molar-refractivity contribution in [3.63, 3.8) is 0 Å². The smallest absolute Gasteiger partial charge is 0.297 e. The van der Waals surface area contributed by atoms with Gasteiger partial charge in [0.1, 0.15) is 5.58 Å². The van der Waals surface area contributed by atoms with Crippen LogP contribution in [-0.4, -0.2) is 6.71 Å². The van der Waals surface area contributed by atoms with Crippen LogP contribution in [0.1, 0.15) is 225 Å². The first-order chi connectivity index (χ1) is 34.6. The third kappa shape index (κ3) is 6.69. The van der Waals surface area contributed by atoms with Gasteiger partial charge in [-0.25, -0.2) is 0 Å². The number of anilines is 6. The molecule has 3 nitrogen and oxygen atoms in total. The Bertz CT molecular complexity index is 3350. The molecule has 0 saturated heterocycles. The average Bonchev–Trinajstić information content (AvgIpc) is 3.75. The van der Waals surface area contributed by atoms with Gasteiger partial charge in [-0.05, 0) is 248 Å². The number of hydrogen-bond donors (Lipinski definition) is 0. The van der Waals surface area contributed by atoms with E-state index in [4.69, 9.17) is 4.42 Å². The minimum atomic E-state index is -0.0821. The summed E-state index contributed by atoms with van der Waals surface area (Å²) in [5.74, 6) is 2.52. The highest BCUT2D eigenvalue weighted by atomic mass is 16.3. The normalized spacial score (nSPS) is 27.5. The molecule has 0 N–H and O–H groups in total. The maximum atomic E-state index is 7.86. The summed E-state index contributed by atoms with van der Waals surface area (Å²) in [5.41, 5.74) is 25.4. The molecule has 3 heterocycles. The number of hydrogen-bond acceptors (Lipinski definition) is 3. The van der Waals surface area contributed by atoms with Crippen molar-refractivity contribution < 1.29 is 4.42 Å². The van der Waals surface area contributed by atoms with E-state index in [0.717, 1.165) is 29.0 Å². The van der Waals surface area contributed by atoms with Crippen LogP contribution in [0.2, 0.25) is 0 Å². The molecule has 4 fully saturated rings. The molecule has 0 amide bonds. The average molecular weight is 981 g/mol. The molecule has 0 atom stereocenters. The minimum Gasteiger partial charge on any atom is -0.468 e. The van der Waals surface area contributed by atoms with Gasteiger partial charge in [0, 0.05) is 33.8 Å². The van der Waals surface area contributed by atoms with Crippen LogP contribution in [0.3, 0.4) is 0 Å². The maximum absolute atomic E-state index is 7.86. The quantitative estimate of drug-likeness (QED) is 0.165. The van der Waals surface area contributed by atoms with Gasteiger partial charge in [0.25, 0.3) is 6.71 Å². The highest BCUT2D eigenvalue weighted by Crippen LogP contribution is 2.63. The Kier molecular flexibility index (Phi) is 9.58. The lowest BCUT2D eigenvalue weighted by Gasteiger charge is -2.57. The van der Waals surface area contributed by atoms with Crippen molar-refractivity contribution in [2.24, 2.45) is 17.8 Å². The Morgan fingerprint density at radius 3 is 1.47 bits per heavy atom. The number of fused-ring (bicyclic) bond motifs is 9. The van der Waals surface area contributed by atoms with Gasteiger partial charge in [0.05, 0.1) is 11.3 Å². The molecule has 7 aliphatic carbocycles. The summed E-state index contributed by atoms with van der Waals surface area (Å²) >= 11 is 0. The zero-order valence-corrected chi connectivity index (χ0v) is 48.1. The van der Waals surface area contributed by atoms with Crippen LogP contribution < -0.4 is 26.4 Å². The Morgan fingerprint density at radius 2 is 0.932 bits per heavy atom. The third-order valence-corrected chi connectivity index (χ3v) is 22.3. The standard InChI is InChI=1S/C70H85BN2O/c1-63(2,3)44-16-18-46(19-17-44)72-56-36-53-52(67(10,11)25-26-68(53,12)13)35-55(56)71-60-57(72)31-45(70-38-41-28-42(39-70)30-43(29-41)40-70)32-58(60)73(47-20-21-49-50(33-47)65(6,7)23-22-64(49,4)5)61-48-34-51-54(37-59(48)74-62(61)71)69(14,15)27-24-66(51,8)9/h16-21,31-37,41-43H,22-30,38-40H2,1-15H3. The molecular formula is C70H85BN2O. The minimum absolute atomic E-state index is 0.0435. The molecule has 5 aromatic carbocycles. The van der Waals surface area contributed by atoms with Gasteiger partial charge in [0.2, 0.25) is 0 Å². The van der Waals surface area contributed by atoms with Gasteiger partial charge in [-0.3, -0.25) is 0 Å². The van der Waals surface area contributed by atoms with Crippen molar-refractivity contribution in [1.82, 2.24) is 0 Å². The molecule has 2 aliphatic heterocycles. The Balaban J connectivity index is 1.13. The second-order valence-electron chi connectivity index (χ2n) is 31.2. The van der Waals surface area contributed by atoms with E-state index in [2.05, 4.69) is 193 Å². The lowest BCUT2D eigenvalue weighted by molar-refractivity contribution is -0.00514. The molecule has 0 unspecified atom stereocenters. The van der Waals surface area contributed by atoms with Crippen LogP contribution in [0, 0.1) is 17.8 Å². The largest absolute Gasteiger partial charge is 0.468 e. The maximum Gasteiger partial charge on any atom is 0.297 e. The summed E-state index contributed by atoms with van der Waals surface area (Å²) in [6.07, 6.45) is 15.4. The molecule has 9 aliphatic rings. The first-order valence-electron chi connectivity index (χ1n) is 29.5. The molecule has 6 aromatic rings. The van der Waals surface area contributed by atoms with Gasteiger partial charge in [-0.2, -0.15) is 0 Å². The van der Waals surface area contributed by atoms with E-state index in [1.165, 1.54) is 166 Å². The van der Waals surface area contributed by atoms with E-state index < -0.39 is 0 Å². The van der Waals surface area contributed by atoms with E-state index in [9.17, 15) is 0 Å². The van der Waals surface area contributed by atoms with E-state index in [0.29, 0.717) is 0 Å². The SMILES string of the molecule is CC(C)(C)c1ccc(N2c3cc4c(cc3B3c5oc6cc7c(cc6c5N(c5ccc6c(c5)C(C)(C)CCC6(C)C)c5cc(C68CC9CC(CC(C9)C6)C8)cc2c53)C(C)(C)CCC7(C)C)C(C)(C)CCC4(C)C)cc1. The fraction of sp³-hybridized carbons (Fsp3) is 0.543. The molecule has 74 heavy (non-hydrogen) atoms. The fourth-order valence-electron chi connectivity index (χ4n) is 17.7. The number of benzene rings is 5. The van der Waals surface area contributed by atoms with Gasteiger partial charge in [0.15, 0.2) is 0 Å². The van der Waals surface area contributed by atoms with Crippen LogP contribution in [0.25, 0.3) is 11.0 Å². The van der Waals surface area contributed by atoms with Gasteiger partial charge >= 0.3 is 0 Å². The van der Waals surface area contributed by atoms with E-state index in [1.54, 1.807) is 5.56 Å². The van der Waals surface area contributed by atoms with E-state index >= 15 is 0 Å². The molecule has 1 aromatic heterocycles. The first-order valence-corrected chi connectivity index (χ1v) is 29.5. The third-order valence-electron chi connectivity index (χ3n) is 22.3. The highest BCUT2D eigenvalue weighted by molar-refractivity contribution is 7.00. The van der Waals surface area contributed by atoms with Crippen molar-refractivity contribution in [1.29, 1.82) is 0 Å². The molecule has 384 valence electrons. The second kappa shape index (κ2) is 14.9. The molecule has 4 bridgehead atoms. The van der Waals surface area contributed by atoms with Crippen LogP contribution >= 0.6 is 0 Å². The summed E-state index contributed by atoms with van der Waals surface area (Å²) in [7, 11) is 0. The van der Waals surface area contributed by atoms with Crippen molar-refractivity contribution in [3.05, 3.63) is 123 Å². The summed E-state index contributed by atoms with van der Waals surface area (Å²) < 4.78 is 7.86. The topological polar surface area (TPSA) is 19.6 Å². The Morgan fingerprint density at radius 1 is 0.473 bits per heavy atom. The zero-order chi connectivity index (χ0) is 51.8. The monoisotopic (exact) mass is 981 g/mol. The molecule has 4 saturated carbocycles. The molecule has 15 rings (SSSR count). The van der Waals surface area contributed by atoms with Gasteiger partial charge < -0.3 is 14.2 Å². The Labute approximate surface area is 445 Å². The van der Waals surface area contributed by atoms with Gasteiger partial charge in [-0.1, -0.05) is 128 Å². The number of furan rings is 1. The molecule has 0 radical (unpaired) electrons. The predicted octanol–water partition coefficient (Wildman–Crippen LogP) is 17.3. The van der Waals surface area contributed by atoms with Crippen molar-refractivity contribution in [3.8, 4) is 0 Å². The Hall–Kier alpha value is -4.70. The first kappa shape index (κ1) is 47.7. The van der Waals surface area contributed by atoms with Gasteiger partial charge in [-0.15, -0.1) is 0 Å². The summed E-state index contributed by atoms with van der Waals surface area (Å²) in [5, 5.41) is 1.27. The molecule has 4 heteroatoms. The summed E-state index contributed by atoms with van der Waals surface area (Å²) in [6.45, 7) is 36.9. The summed E-state index contributed by atoms with van der Waals surface area (Å²) in [4.78, 5) is 5.54. The number of rotatable bonds is 3. The lowest BCUT2D eigenvalue weighted by atomic mass is 9.35. The fourth-order valence-corrected chi connectivity index (χ4v) is 17.7. The highest BCUT2D eigenvalue weighted by Gasteiger charge is 2.55. The van der Waals surface area contributed by atoms with E-state index in [-0.39, 0.29) is 50.0 Å². The zero-order valence-electron chi connectivity index (χ0n) is 48.1. The van der Waals surface area contributed by atoms with Crippen LogP contribution in [0.5, 0.6) is 0 Å². The van der Waals surface area contributed by atoms with Crippen LogP contribution in [0.4, 0.5) is 34.1 Å². The van der Waals surface area contributed by atoms with Crippen molar-refractivity contribution in [2.75, 3.05) is 9.80 Å². The van der Waals surface area contributed by atoms with Crippen molar-refractivity contribution in [2.45, 2.75) is 224 Å². The number of nitrogens with zero attached hydrogens (tertiary/aromatic N) is 2. The predicted molar refractivity (Wildman–Crippen MR) is 315 cm³/mol. The second-order valence-corrected chi connectivity index (χ2v) is 31.2. The molecule has 0 spiro atoms. The molecular weight excluding hydrogens is 896 g/mol. The van der Waals surface area contributed by atoms with Crippen LogP contribution in [-0.2, 0) is 43.3 Å². The van der Waals surface area contributed by atoms with E-state index in [1.807, 2.05) is 0 Å². The lowest BCUT2D eigenvalue weighted by Crippen LogP contribution is -2.61. The van der Waals surface area contributed by atoms with Crippen LogP contribution in [0.15, 0.2) is 83.3 Å². The van der Waals surface area contributed by atoms with Crippen molar-refractivity contribution >= 4 is 68.4 Å².